The van der Waals surface area contributed by atoms with E-state index in [9.17, 15) is 9.59 Å². The van der Waals surface area contributed by atoms with Crippen molar-refractivity contribution in [3.63, 3.8) is 0 Å². The average Bonchev–Trinajstić information content (AvgIpc) is 2.72. The first-order valence-electron chi connectivity index (χ1n) is 6.77. The van der Waals surface area contributed by atoms with Gasteiger partial charge in [-0.25, -0.2) is 0 Å². The number of hydrogen-bond acceptors (Lipinski definition) is 2. The molecule has 2 N–H and O–H groups in total. The van der Waals surface area contributed by atoms with Gasteiger partial charge in [-0.2, -0.15) is 0 Å². The van der Waals surface area contributed by atoms with Gasteiger partial charge in [0.1, 0.15) is 6.04 Å². The maximum Gasteiger partial charge on any atom is 0.244 e. The van der Waals surface area contributed by atoms with Gasteiger partial charge in [-0.1, -0.05) is 43.7 Å². The molecule has 1 aromatic rings. The second-order valence-corrected chi connectivity index (χ2v) is 5.12. The maximum absolute atomic E-state index is 12.1. The van der Waals surface area contributed by atoms with Crippen LogP contribution >= 0.6 is 0 Å². The number of likely N-dealkylation sites (tertiary alicyclic amines) is 1. The molecule has 0 spiro atoms. The summed E-state index contributed by atoms with van der Waals surface area (Å²) in [7, 11) is 0. The molecule has 0 aliphatic carbocycles. The number of benzene rings is 1. The van der Waals surface area contributed by atoms with Crippen LogP contribution in [0.2, 0.25) is 0 Å². The summed E-state index contributed by atoms with van der Waals surface area (Å²) in [5.74, 6) is -0.0779. The first kappa shape index (κ1) is 13.6. The van der Waals surface area contributed by atoms with Gasteiger partial charge in [-0.05, 0) is 17.9 Å². The van der Waals surface area contributed by atoms with Crippen molar-refractivity contribution < 1.29 is 9.59 Å². The minimum atomic E-state index is -0.629. The highest BCUT2D eigenvalue weighted by molar-refractivity contribution is 5.88. The van der Waals surface area contributed by atoms with Crippen LogP contribution in [0.4, 0.5) is 0 Å². The zero-order valence-corrected chi connectivity index (χ0v) is 11.2. The van der Waals surface area contributed by atoms with Crippen LogP contribution in [0.15, 0.2) is 30.3 Å². The molecular weight excluding hydrogens is 240 g/mol. The minimum Gasteiger partial charge on any atom is -0.368 e. The Kier molecular flexibility index (Phi) is 4.20. The van der Waals surface area contributed by atoms with Gasteiger partial charge < -0.3 is 10.6 Å². The number of carbonyl (C=O) groups excluding carboxylic acids is 2. The van der Waals surface area contributed by atoms with Crippen molar-refractivity contribution >= 4 is 11.8 Å². The van der Waals surface area contributed by atoms with Crippen molar-refractivity contribution in [2.24, 2.45) is 11.7 Å². The monoisotopic (exact) mass is 260 g/mol. The molecule has 1 aliphatic heterocycles. The lowest BCUT2D eigenvalue weighted by atomic mass is 10.0. The number of carbonyl (C=O) groups is 2. The number of rotatable bonds is 5. The van der Waals surface area contributed by atoms with E-state index >= 15 is 0 Å². The lowest BCUT2D eigenvalue weighted by molar-refractivity contribution is -0.136. The van der Waals surface area contributed by atoms with Crippen molar-refractivity contribution in [2.45, 2.75) is 32.2 Å². The topological polar surface area (TPSA) is 63.4 Å². The summed E-state index contributed by atoms with van der Waals surface area (Å²) in [4.78, 5) is 25.5. The zero-order chi connectivity index (χ0) is 13.8. The molecule has 1 aliphatic rings. The highest BCUT2D eigenvalue weighted by Gasteiger charge is 2.37. The van der Waals surface area contributed by atoms with E-state index in [1.54, 1.807) is 4.90 Å². The van der Waals surface area contributed by atoms with Crippen LogP contribution in [0.5, 0.6) is 0 Å². The van der Waals surface area contributed by atoms with E-state index in [1.165, 1.54) is 0 Å². The van der Waals surface area contributed by atoms with Crippen LogP contribution < -0.4 is 5.73 Å². The molecule has 2 amide bonds. The van der Waals surface area contributed by atoms with Crippen LogP contribution in [0.1, 0.15) is 37.8 Å². The third kappa shape index (κ3) is 2.95. The highest BCUT2D eigenvalue weighted by Crippen LogP contribution is 2.30. The SMILES string of the molecule is CCCC1CC(=O)N(C(C(N)=O)c2ccccc2)C1. The van der Waals surface area contributed by atoms with E-state index in [1.807, 2.05) is 30.3 Å². The number of primary amides is 1. The molecule has 0 saturated carbocycles. The minimum absolute atomic E-state index is 0.0334. The Bertz CT molecular complexity index is 458. The van der Waals surface area contributed by atoms with Crippen LogP contribution in [0.3, 0.4) is 0 Å². The second kappa shape index (κ2) is 5.87. The summed E-state index contributed by atoms with van der Waals surface area (Å²) in [6.07, 6.45) is 2.60. The van der Waals surface area contributed by atoms with E-state index in [4.69, 9.17) is 5.73 Å². The Morgan fingerprint density at radius 2 is 2.11 bits per heavy atom. The Labute approximate surface area is 113 Å². The van der Waals surface area contributed by atoms with Gasteiger partial charge in [0, 0.05) is 13.0 Å². The fraction of sp³-hybridized carbons (Fsp3) is 0.467. The largest absolute Gasteiger partial charge is 0.368 e. The Hall–Kier alpha value is -1.84. The molecular formula is C15H20N2O2. The summed E-state index contributed by atoms with van der Waals surface area (Å²) in [6, 6.07) is 8.65. The first-order chi connectivity index (χ1) is 9.13. The summed E-state index contributed by atoms with van der Waals surface area (Å²) in [5, 5.41) is 0. The molecule has 0 radical (unpaired) electrons. The van der Waals surface area contributed by atoms with Crippen LogP contribution in [0, 0.1) is 5.92 Å². The molecule has 1 saturated heterocycles. The van der Waals surface area contributed by atoms with E-state index < -0.39 is 11.9 Å². The second-order valence-electron chi connectivity index (χ2n) is 5.12. The molecule has 4 nitrogen and oxygen atoms in total. The van der Waals surface area contributed by atoms with Crippen LogP contribution in [0.25, 0.3) is 0 Å². The average molecular weight is 260 g/mol. The van der Waals surface area contributed by atoms with E-state index in [2.05, 4.69) is 6.92 Å². The van der Waals surface area contributed by atoms with Crippen molar-refractivity contribution in [2.75, 3.05) is 6.54 Å². The van der Waals surface area contributed by atoms with E-state index in [0.717, 1.165) is 18.4 Å². The van der Waals surface area contributed by atoms with Gasteiger partial charge in [0.25, 0.3) is 0 Å². The van der Waals surface area contributed by atoms with Gasteiger partial charge in [0.2, 0.25) is 11.8 Å². The molecule has 2 rings (SSSR count). The standard InChI is InChI=1S/C15H20N2O2/c1-2-6-11-9-13(18)17(10-11)14(15(16)19)12-7-4-3-5-8-12/h3-5,7-8,11,14H,2,6,9-10H2,1H3,(H2,16,19). The summed E-state index contributed by atoms with van der Waals surface area (Å²) >= 11 is 0. The van der Waals surface area contributed by atoms with Gasteiger partial charge in [0.05, 0.1) is 0 Å². The van der Waals surface area contributed by atoms with Crippen molar-refractivity contribution in [1.29, 1.82) is 0 Å². The van der Waals surface area contributed by atoms with Crippen LogP contribution in [-0.2, 0) is 9.59 Å². The molecule has 4 heteroatoms. The van der Waals surface area contributed by atoms with Crippen molar-refractivity contribution in [3.05, 3.63) is 35.9 Å². The fourth-order valence-corrected chi connectivity index (χ4v) is 2.79. The van der Waals surface area contributed by atoms with Crippen molar-refractivity contribution in [1.82, 2.24) is 4.90 Å². The molecule has 1 heterocycles. The Morgan fingerprint density at radius 1 is 1.42 bits per heavy atom. The quantitative estimate of drug-likeness (QED) is 0.878. The predicted molar refractivity (Wildman–Crippen MR) is 73.1 cm³/mol. The summed E-state index contributed by atoms with van der Waals surface area (Å²) < 4.78 is 0. The van der Waals surface area contributed by atoms with Gasteiger partial charge in [0.15, 0.2) is 0 Å². The van der Waals surface area contributed by atoms with E-state index in [-0.39, 0.29) is 5.91 Å². The summed E-state index contributed by atoms with van der Waals surface area (Å²) in [5.41, 5.74) is 6.29. The molecule has 1 fully saturated rings. The van der Waals surface area contributed by atoms with E-state index in [0.29, 0.717) is 18.9 Å². The van der Waals surface area contributed by atoms with Crippen molar-refractivity contribution in [3.8, 4) is 0 Å². The molecule has 1 aromatic carbocycles. The zero-order valence-electron chi connectivity index (χ0n) is 11.2. The molecule has 2 atom stereocenters. The number of nitrogens with two attached hydrogens (primary N) is 1. The molecule has 19 heavy (non-hydrogen) atoms. The molecule has 2 unspecified atom stereocenters. The maximum atomic E-state index is 12.1. The highest BCUT2D eigenvalue weighted by atomic mass is 16.2. The lowest BCUT2D eigenvalue weighted by Gasteiger charge is -2.26. The molecule has 102 valence electrons. The van der Waals surface area contributed by atoms with Gasteiger partial charge in [-0.3, -0.25) is 9.59 Å². The number of hydrogen-bond donors (Lipinski definition) is 1. The fourth-order valence-electron chi connectivity index (χ4n) is 2.79. The predicted octanol–water partition coefficient (Wildman–Crippen LogP) is 1.86. The summed E-state index contributed by atoms with van der Waals surface area (Å²) in [6.45, 7) is 2.74. The number of amides is 2. The Balaban J connectivity index is 2.21. The normalized spacial score (nSPS) is 20.6. The molecule has 0 aromatic heterocycles. The van der Waals surface area contributed by atoms with Gasteiger partial charge >= 0.3 is 0 Å². The third-order valence-corrected chi connectivity index (χ3v) is 3.63. The number of nitrogens with zero attached hydrogens (tertiary/aromatic N) is 1. The molecule has 0 bridgehead atoms. The third-order valence-electron chi connectivity index (χ3n) is 3.63. The van der Waals surface area contributed by atoms with Crippen LogP contribution in [-0.4, -0.2) is 23.3 Å². The smallest absolute Gasteiger partial charge is 0.244 e. The lowest BCUT2D eigenvalue weighted by Crippen LogP contribution is -2.38. The first-order valence-corrected chi connectivity index (χ1v) is 6.77. The Morgan fingerprint density at radius 3 is 2.68 bits per heavy atom. The van der Waals surface area contributed by atoms with Gasteiger partial charge in [-0.15, -0.1) is 0 Å².